The molecule has 0 aliphatic rings. The van der Waals surface area contributed by atoms with Gasteiger partial charge in [0.25, 0.3) is 5.91 Å². The van der Waals surface area contributed by atoms with Crippen molar-refractivity contribution < 1.29 is 4.79 Å². The van der Waals surface area contributed by atoms with Crippen LogP contribution in [0.15, 0.2) is 66.4 Å². The molecule has 5 heteroatoms. The minimum atomic E-state index is -0.557. The van der Waals surface area contributed by atoms with Gasteiger partial charge in [0.05, 0.1) is 11.3 Å². The van der Waals surface area contributed by atoms with E-state index in [-0.39, 0.29) is 5.57 Å². The normalized spacial score (nSPS) is 10.3. The van der Waals surface area contributed by atoms with Gasteiger partial charge < -0.3 is 10.2 Å². The molecule has 0 fully saturated rings. The van der Waals surface area contributed by atoms with Gasteiger partial charge in [-0.1, -0.05) is 30.3 Å². The van der Waals surface area contributed by atoms with Crippen molar-refractivity contribution in [1.82, 2.24) is 0 Å². The summed E-state index contributed by atoms with van der Waals surface area (Å²) in [7, 11) is 1.75. The lowest BCUT2D eigenvalue weighted by Crippen LogP contribution is -2.18. The van der Waals surface area contributed by atoms with Crippen molar-refractivity contribution >= 4 is 17.3 Å². The minimum Gasteiger partial charge on any atom is -0.350 e. The third-order valence-corrected chi connectivity index (χ3v) is 3.15. The molecule has 2 aromatic carbocycles. The van der Waals surface area contributed by atoms with Crippen LogP contribution >= 0.6 is 0 Å². The summed E-state index contributed by atoms with van der Waals surface area (Å²) in [6, 6.07) is 19.9. The van der Waals surface area contributed by atoms with E-state index >= 15 is 0 Å². The van der Waals surface area contributed by atoms with E-state index < -0.39 is 5.91 Å². The van der Waals surface area contributed by atoms with Gasteiger partial charge in [0.1, 0.15) is 17.7 Å². The van der Waals surface area contributed by atoms with E-state index in [0.717, 1.165) is 5.69 Å². The van der Waals surface area contributed by atoms with Crippen molar-refractivity contribution in [2.75, 3.05) is 17.3 Å². The molecular weight excluding hydrogens is 288 g/mol. The number of nitrogens with one attached hydrogen (secondary N) is 1. The van der Waals surface area contributed by atoms with E-state index in [0.29, 0.717) is 11.3 Å². The van der Waals surface area contributed by atoms with Crippen LogP contribution in [0.4, 0.5) is 11.4 Å². The van der Waals surface area contributed by atoms with Crippen LogP contribution in [0.1, 0.15) is 5.56 Å². The molecule has 5 nitrogen and oxygen atoms in total. The highest BCUT2D eigenvalue weighted by molar-refractivity contribution is 6.07. The zero-order valence-corrected chi connectivity index (χ0v) is 12.5. The Labute approximate surface area is 134 Å². The fourth-order valence-corrected chi connectivity index (χ4v) is 1.95. The first-order valence-corrected chi connectivity index (χ1v) is 6.86. The van der Waals surface area contributed by atoms with Crippen molar-refractivity contribution in [2.24, 2.45) is 0 Å². The number of amides is 1. The van der Waals surface area contributed by atoms with Crippen LogP contribution in [0.2, 0.25) is 0 Å². The van der Waals surface area contributed by atoms with Gasteiger partial charge in [0.15, 0.2) is 0 Å². The standard InChI is InChI=1S/C18H14N4O/c1-22(16-8-3-2-4-9-16)13-15(12-20)18(23)21-17-10-6-5-7-14(17)11-19/h2-10,13H,1H3,(H,21,23)/b15-13-. The van der Waals surface area contributed by atoms with Crippen molar-refractivity contribution in [1.29, 1.82) is 10.5 Å². The first-order valence-electron chi connectivity index (χ1n) is 6.86. The number of anilines is 2. The van der Waals surface area contributed by atoms with Crippen molar-refractivity contribution in [3.05, 3.63) is 71.9 Å². The molecule has 0 bridgehead atoms. The molecule has 0 radical (unpaired) electrons. The second-order valence-electron chi connectivity index (χ2n) is 4.71. The number of nitriles is 2. The highest BCUT2D eigenvalue weighted by Crippen LogP contribution is 2.16. The maximum atomic E-state index is 12.2. The Morgan fingerprint density at radius 1 is 1.09 bits per heavy atom. The highest BCUT2D eigenvalue weighted by atomic mass is 16.1. The smallest absolute Gasteiger partial charge is 0.267 e. The predicted molar refractivity (Wildman–Crippen MR) is 88.3 cm³/mol. The molecule has 0 spiro atoms. The average molecular weight is 302 g/mol. The molecule has 0 unspecified atom stereocenters. The lowest BCUT2D eigenvalue weighted by molar-refractivity contribution is -0.112. The molecule has 0 aliphatic carbocycles. The van der Waals surface area contributed by atoms with Crippen LogP contribution in [0.3, 0.4) is 0 Å². The molecule has 0 heterocycles. The molecule has 23 heavy (non-hydrogen) atoms. The zero-order chi connectivity index (χ0) is 16.7. The van der Waals surface area contributed by atoms with Crippen molar-refractivity contribution in [2.45, 2.75) is 0 Å². The summed E-state index contributed by atoms with van der Waals surface area (Å²) < 4.78 is 0. The fraction of sp³-hybridized carbons (Fsp3) is 0.0556. The Bertz CT molecular complexity index is 813. The molecule has 0 atom stereocenters. The first-order chi connectivity index (χ1) is 11.2. The third-order valence-electron chi connectivity index (χ3n) is 3.15. The molecule has 0 saturated carbocycles. The monoisotopic (exact) mass is 302 g/mol. The zero-order valence-electron chi connectivity index (χ0n) is 12.5. The van der Waals surface area contributed by atoms with Crippen LogP contribution in [-0.2, 0) is 4.79 Å². The third kappa shape index (κ3) is 3.96. The predicted octanol–water partition coefficient (Wildman–Crippen LogP) is 3.04. The fourth-order valence-electron chi connectivity index (χ4n) is 1.95. The van der Waals surface area contributed by atoms with E-state index in [1.165, 1.54) is 6.20 Å². The summed E-state index contributed by atoms with van der Waals surface area (Å²) in [6.07, 6.45) is 1.46. The average Bonchev–Trinajstić information content (AvgIpc) is 2.60. The molecule has 0 aromatic heterocycles. The van der Waals surface area contributed by atoms with E-state index in [1.807, 2.05) is 42.5 Å². The number of hydrogen-bond donors (Lipinski definition) is 1. The van der Waals surface area contributed by atoms with E-state index in [2.05, 4.69) is 5.32 Å². The molecule has 1 N–H and O–H groups in total. The molecule has 0 saturated heterocycles. The molecule has 2 aromatic rings. The molecule has 1 amide bonds. The summed E-state index contributed by atoms with van der Waals surface area (Å²) in [5.41, 5.74) is 1.52. The first kappa shape index (κ1) is 15.8. The number of hydrogen-bond acceptors (Lipinski definition) is 4. The Kier molecular flexibility index (Phi) is 5.12. The van der Waals surface area contributed by atoms with Crippen LogP contribution in [0, 0.1) is 22.7 Å². The number of benzene rings is 2. The van der Waals surface area contributed by atoms with E-state index in [4.69, 9.17) is 5.26 Å². The number of carbonyl (C=O) groups excluding carboxylic acids is 1. The van der Waals surface area contributed by atoms with Gasteiger partial charge >= 0.3 is 0 Å². The number of carbonyl (C=O) groups is 1. The Hall–Kier alpha value is -3.57. The van der Waals surface area contributed by atoms with Gasteiger partial charge in [-0.2, -0.15) is 10.5 Å². The summed E-state index contributed by atoms with van der Waals surface area (Å²) in [6.45, 7) is 0. The van der Waals surface area contributed by atoms with Crippen LogP contribution in [0.25, 0.3) is 0 Å². The molecule has 112 valence electrons. The second-order valence-corrected chi connectivity index (χ2v) is 4.71. The second kappa shape index (κ2) is 7.44. The van der Waals surface area contributed by atoms with Crippen LogP contribution in [-0.4, -0.2) is 13.0 Å². The Morgan fingerprint density at radius 3 is 2.39 bits per heavy atom. The lowest BCUT2D eigenvalue weighted by atomic mass is 10.2. The molecule has 0 aliphatic heterocycles. The van der Waals surface area contributed by atoms with Crippen molar-refractivity contribution in [3.8, 4) is 12.1 Å². The van der Waals surface area contributed by atoms with E-state index in [1.54, 1.807) is 36.2 Å². The molecule has 2 rings (SSSR count). The summed E-state index contributed by atoms with van der Waals surface area (Å²) in [4.78, 5) is 13.9. The van der Waals surface area contributed by atoms with Gasteiger partial charge in [-0.25, -0.2) is 0 Å². The van der Waals surface area contributed by atoms with Gasteiger partial charge in [-0.3, -0.25) is 4.79 Å². The van der Waals surface area contributed by atoms with Gasteiger partial charge in [-0.15, -0.1) is 0 Å². The van der Waals surface area contributed by atoms with E-state index in [9.17, 15) is 10.1 Å². The summed E-state index contributed by atoms with van der Waals surface area (Å²) in [5, 5.41) is 20.8. The summed E-state index contributed by atoms with van der Waals surface area (Å²) in [5.74, 6) is -0.557. The topological polar surface area (TPSA) is 79.9 Å². The highest BCUT2D eigenvalue weighted by Gasteiger charge is 2.12. The van der Waals surface area contributed by atoms with Crippen LogP contribution in [0.5, 0.6) is 0 Å². The van der Waals surface area contributed by atoms with Gasteiger partial charge in [-0.05, 0) is 24.3 Å². The largest absolute Gasteiger partial charge is 0.350 e. The number of para-hydroxylation sites is 2. The SMILES string of the molecule is CN(/C=C(/C#N)C(=O)Nc1ccccc1C#N)c1ccccc1. The van der Waals surface area contributed by atoms with Gasteiger partial charge in [0, 0.05) is 18.9 Å². The quantitative estimate of drug-likeness (QED) is 0.695. The maximum absolute atomic E-state index is 12.2. The van der Waals surface area contributed by atoms with Gasteiger partial charge in [0.2, 0.25) is 0 Å². The summed E-state index contributed by atoms with van der Waals surface area (Å²) >= 11 is 0. The Morgan fingerprint density at radius 2 is 1.74 bits per heavy atom. The minimum absolute atomic E-state index is 0.0518. The maximum Gasteiger partial charge on any atom is 0.267 e. The van der Waals surface area contributed by atoms with Crippen molar-refractivity contribution in [3.63, 3.8) is 0 Å². The number of rotatable bonds is 4. The molecular formula is C18H14N4O. The van der Waals surface area contributed by atoms with Crippen LogP contribution < -0.4 is 10.2 Å². The lowest BCUT2D eigenvalue weighted by Gasteiger charge is -2.14. The number of nitrogens with zero attached hydrogens (tertiary/aromatic N) is 3. The Balaban J connectivity index is 2.21.